The van der Waals surface area contributed by atoms with E-state index in [4.69, 9.17) is 4.74 Å². The molecule has 1 N–H and O–H groups in total. The minimum atomic E-state index is 0. The zero-order valence-corrected chi connectivity index (χ0v) is 15.7. The van der Waals surface area contributed by atoms with Crippen molar-refractivity contribution in [1.29, 1.82) is 0 Å². The number of fused-ring (bicyclic) bond motifs is 1. The second kappa shape index (κ2) is 8.51. The summed E-state index contributed by atoms with van der Waals surface area (Å²) in [6.07, 6.45) is 0. The van der Waals surface area contributed by atoms with Gasteiger partial charge in [0.05, 0.1) is 18.2 Å². The van der Waals surface area contributed by atoms with E-state index in [1.54, 1.807) is 7.11 Å². The van der Waals surface area contributed by atoms with Crippen LogP contribution in [0, 0.1) is 6.92 Å². The molecule has 1 atom stereocenters. The van der Waals surface area contributed by atoms with Gasteiger partial charge in [-0.15, -0.1) is 24.8 Å². The summed E-state index contributed by atoms with van der Waals surface area (Å²) in [7, 11) is 1.63. The van der Waals surface area contributed by atoms with Crippen LogP contribution >= 0.6 is 24.8 Å². The number of carbonyl (C=O) groups is 1. The monoisotopic (exact) mass is 371 g/mol. The topological polar surface area (TPSA) is 54.5 Å². The zero-order valence-electron chi connectivity index (χ0n) is 14.0. The molecular weight excluding hydrogens is 349 g/mol. The van der Waals surface area contributed by atoms with Crippen molar-refractivity contribution in [3.8, 4) is 5.75 Å². The van der Waals surface area contributed by atoms with E-state index in [1.807, 2.05) is 36.1 Å². The number of aryl methyl sites for hydroxylation is 1. The number of pyridine rings is 1. The Labute approximate surface area is 154 Å². The minimum absolute atomic E-state index is 0. The van der Waals surface area contributed by atoms with Crippen LogP contribution in [0.25, 0.3) is 10.9 Å². The number of nitrogens with zero attached hydrogens (tertiary/aromatic N) is 2. The van der Waals surface area contributed by atoms with Gasteiger partial charge >= 0.3 is 0 Å². The Morgan fingerprint density at radius 1 is 1.33 bits per heavy atom. The quantitative estimate of drug-likeness (QED) is 0.881. The number of carbonyl (C=O) groups excluding carboxylic acids is 1. The van der Waals surface area contributed by atoms with Gasteiger partial charge in [0, 0.05) is 36.8 Å². The number of piperazine rings is 1. The number of hydrogen-bond donors (Lipinski definition) is 1. The van der Waals surface area contributed by atoms with Crippen molar-refractivity contribution in [3.05, 3.63) is 35.5 Å². The summed E-state index contributed by atoms with van der Waals surface area (Å²) in [5.74, 6) is 0.804. The van der Waals surface area contributed by atoms with Gasteiger partial charge in [-0.2, -0.15) is 0 Å². The van der Waals surface area contributed by atoms with Crippen LogP contribution in [0.3, 0.4) is 0 Å². The Kier molecular flexibility index (Phi) is 7.27. The lowest BCUT2D eigenvalue weighted by Crippen LogP contribution is -2.52. The molecule has 2 aromatic rings. The Morgan fingerprint density at radius 3 is 2.75 bits per heavy atom. The fourth-order valence-electron chi connectivity index (χ4n) is 2.94. The van der Waals surface area contributed by atoms with E-state index in [9.17, 15) is 4.79 Å². The lowest BCUT2D eigenvalue weighted by molar-refractivity contribution is 0.0657. The molecule has 1 saturated heterocycles. The number of ether oxygens (including phenoxy) is 1. The largest absolute Gasteiger partial charge is 0.497 e. The van der Waals surface area contributed by atoms with Gasteiger partial charge in [0.15, 0.2) is 0 Å². The molecule has 1 fully saturated rings. The van der Waals surface area contributed by atoms with E-state index in [2.05, 4.69) is 17.2 Å². The van der Waals surface area contributed by atoms with Crippen LogP contribution in [0.4, 0.5) is 0 Å². The first-order valence-corrected chi connectivity index (χ1v) is 7.57. The number of halogens is 2. The molecule has 0 bridgehead atoms. The highest BCUT2D eigenvalue weighted by Gasteiger charge is 2.25. The van der Waals surface area contributed by atoms with Gasteiger partial charge < -0.3 is 15.0 Å². The molecular formula is C17H23Cl2N3O2. The van der Waals surface area contributed by atoms with Crippen LogP contribution in [-0.4, -0.2) is 48.6 Å². The molecule has 132 valence electrons. The molecule has 0 spiro atoms. The van der Waals surface area contributed by atoms with Gasteiger partial charge in [-0.05, 0) is 38.1 Å². The SMILES string of the molecule is COc1ccc2nc(C)cc(C(=O)N3CCNC[C@@H]3C)c2c1.Cl.Cl. The van der Waals surface area contributed by atoms with Crippen molar-refractivity contribution in [2.24, 2.45) is 0 Å². The third kappa shape index (κ3) is 3.91. The fourth-order valence-corrected chi connectivity index (χ4v) is 2.94. The summed E-state index contributed by atoms with van der Waals surface area (Å²) in [4.78, 5) is 19.5. The molecule has 1 amide bonds. The molecule has 0 aliphatic carbocycles. The number of rotatable bonds is 2. The third-order valence-corrected chi connectivity index (χ3v) is 4.14. The van der Waals surface area contributed by atoms with Crippen molar-refractivity contribution >= 4 is 41.6 Å². The van der Waals surface area contributed by atoms with Gasteiger partial charge in [0.2, 0.25) is 0 Å². The number of nitrogens with one attached hydrogen (secondary N) is 1. The predicted octanol–water partition coefficient (Wildman–Crippen LogP) is 2.83. The number of benzene rings is 1. The first kappa shape index (κ1) is 20.5. The molecule has 0 saturated carbocycles. The molecule has 3 rings (SSSR count). The molecule has 5 nitrogen and oxygen atoms in total. The normalized spacial score (nSPS) is 17.0. The Hall–Kier alpha value is -1.56. The molecule has 1 aromatic heterocycles. The van der Waals surface area contributed by atoms with Gasteiger partial charge in [-0.3, -0.25) is 9.78 Å². The van der Waals surface area contributed by atoms with E-state index < -0.39 is 0 Å². The second-order valence-corrected chi connectivity index (χ2v) is 5.75. The molecule has 2 heterocycles. The van der Waals surface area contributed by atoms with Crippen molar-refractivity contribution in [2.45, 2.75) is 19.9 Å². The number of methoxy groups -OCH3 is 1. The number of amides is 1. The molecule has 1 aromatic carbocycles. The molecule has 0 unspecified atom stereocenters. The highest BCUT2D eigenvalue weighted by molar-refractivity contribution is 6.06. The third-order valence-electron chi connectivity index (χ3n) is 4.14. The lowest BCUT2D eigenvalue weighted by Gasteiger charge is -2.34. The summed E-state index contributed by atoms with van der Waals surface area (Å²) in [5.41, 5.74) is 2.38. The average molecular weight is 372 g/mol. The molecule has 24 heavy (non-hydrogen) atoms. The van der Waals surface area contributed by atoms with Crippen LogP contribution in [0.5, 0.6) is 5.75 Å². The van der Waals surface area contributed by atoms with Crippen molar-refractivity contribution in [2.75, 3.05) is 26.7 Å². The maximum atomic E-state index is 13.0. The Morgan fingerprint density at radius 2 is 2.08 bits per heavy atom. The average Bonchev–Trinajstić information content (AvgIpc) is 2.53. The van der Waals surface area contributed by atoms with E-state index in [0.29, 0.717) is 5.56 Å². The lowest BCUT2D eigenvalue weighted by atomic mass is 10.0. The Balaban J connectivity index is 0.00000144. The first-order chi connectivity index (χ1) is 10.6. The summed E-state index contributed by atoms with van der Waals surface area (Å²) in [6, 6.07) is 7.73. The van der Waals surface area contributed by atoms with Gasteiger partial charge in [0.1, 0.15) is 5.75 Å². The van der Waals surface area contributed by atoms with E-state index in [0.717, 1.165) is 42.0 Å². The molecule has 1 aliphatic rings. The summed E-state index contributed by atoms with van der Waals surface area (Å²) < 4.78 is 5.29. The zero-order chi connectivity index (χ0) is 15.7. The van der Waals surface area contributed by atoms with E-state index >= 15 is 0 Å². The van der Waals surface area contributed by atoms with Crippen molar-refractivity contribution in [1.82, 2.24) is 15.2 Å². The number of hydrogen-bond acceptors (Lipinski definition) is 4. The van der Waals surface area contributed by atoms with Crippen LogP contribution in [0.2, 0.25) is 0 Å². The van der Waals surface area contributed by atoms with E-state index in [1.165, 1.54) is 0 Å². The summed E-state index contributed by atoms with van der Waals surface area (Å²) >= 11 is 0. The maximum Gasteiger partial charge on any atom is 0.254 e. The summed E-state index contributed by atoms with van der Waals surface area (Å²) in [5, 5.41) is 4.16. The van der Waals surface area contributed by atoms with Crippen molar-refractivity contribution in [3.63, 3.8) is 0 Å². The van der Waals surface area contributed by atoms with Gasteiger partial charge in [-0.25, -0.2) is 0 Å². The molecule has 7 heteroatoms. The Bertz CT molecular complexity index is 724. The first-order valence-electron chi connectivity index (χ1n) is 7.57. The number of aromatic nitrogens is 1. The maximum absolute atomic E-state index is 13.0. The van der Waals surface area contributed by atoms with Crippen LogP contribution in [0.1, 0.15) is 23.0 Å². The van der Waals surface area contributed by atoms with E-state index in [-0.39, 0.29) is 36.8 Å². The smallest absolute Gasteiger partial charge is 0.254 e. The highest BCUT2D eigenvalue weighted by Crippen LogP contribution is 2.25. The minimum Gasteiger partial charge on any atom is -0.497 e. The summed E-state index contributed by atoms with van der Waals surface area (Å²) in [6.45, 7) is 6.38. The van der Waals surface area contributed by atoms with Gasteiger partial charge in [-0.1, -0.05) is 0 Å². The molecule has 1 aliphatic heterocycles. The fraction of sp³-hybridized carbons (Fsp3) is 0.412. The van der Waals surface area contributed by atoms with Crippen LogP contribution in [0.15, 0.2) is 24.3 Å². The molecule has 0 radical (unpaired) electrons. The van der Waals surface area contributed by atoms with Crippen LogP contribution in [-0.2, 0) is 0 Å². The van der Waals surface area contributed by atoms with Crippen LogP contribution < -0.4 is 10.1 Å². The standard InChI is InChI=1S/C17H21N3O2.2ClH/c1-11-8-15(17(21)20-7-6-18-10-12(20)2)14-9-13(22-3)4-5-16(14)19-11;;/h4-5,8-9,12,18H,6-7,10H2,1-3H3;2*1H/t12-;;/m0../s1. The highest BCUT2D eigenvalue weighted by atomic mass is 35.5. The second-order valence-electron chi connectivity index (χ2n) is 5.75. The predicted molar refractivity (Wildman–Crippen MR) is 101 cm³/mol. The van der Waals surface area contributed by atoms with Gasteiger partial charge in [0.25, 0.3) is 5.91 Å². The van der Waals surface area contributed by atoms with Crippen molar-refractivity contribution < 1.29 is 9.53 Å².